The van der Waals surface area contributed by atoms with Crippen LogP contribution in [-0.4, -0.2) is 53.6 Å². The van der Waals surface area contributed by atoms with Crippen molar-refractivity contribution in [2.75, 3.05) is 26.2 Å². The second-order valence-electron chi connectivity index (χ2n) is 4.20. The quantitative estimate of drug-likeness (QED) is 0.528. The van der Waals surface area contributed by atoms with Crippen LogP contribution in [0, 0.1) is 0 Å². The van der Waals surface area contributed by atoms with Gasteiger partial charge in [-0.2, -0.15) is 0 Å². The molecule has 2 amide bonds. The number of nitrogens with one attached hydrogen (secondary N) is 1. The van der Waals surface area contributed by atoms with Crippen molar-refractivity contribution in [1.29, 1.82) is 0 Å². The number of carbonyl (C=O) groups excluding carboxylic acids is 2. The normalized spacial score (nSPS) is 11.1. The molecular formula is C10H21N3O3. The fourth-order valence-corrected chi connectivity index (χ4v) is 1.20. The molecule has 0 bridgehead atoms. The summed E-state index contributed by atoms with van der Waals surface area (Å²) in [6.07, 6.45) is 0. The van der Waals surface area contributed by atoms with Gasteiger partial charge in [-0.25, -0.2) is 0 Å². The molecule has 4 N–H and O–H groups in total. The standard InChI is InChI=1S/C10H21N3O3/c1-4-13(7-10(2,3)16)9(15)6-12-8(14)5-11/h16H,4-7,11H2,1-3H3,(H,12,14). The Bertz CT molecular complexity index is 248. The number of likely N-dealkylation sites (N-methyl/N-ethyl adjacent to an activating group) is 1. The number of aliphatic hydroxyl groups is 1. The van der Waals surface area contributed by atoms with Crippen molar-refractivity contribution in [2.24, 2.45) is 5.73 Å². The number of hydrogen-bond donors (Lipinski definition) is 3. The zero-order chi connectivity index (χ0) is 12.8. The molecule has 0 saturated heterocycles. The van der Waals surface area contributed by atoms with Gasteiger partial charge in [0.15, 0.2) is 0 Å². The third kappa shape index (κ3) is 6.36. The highest BCUT2D eigenvalue weighted by Crippen LogP contribution is 2.04. The summed E-state index contributed by atoms with van der Waals surface area (Å²) in [5, 5.41) is 12.0. The molecule has 0 spiro atoms. The lowest BCUT2D eigenvalue weighted by Crippen LogP contribution is -2.46. The monoisotopic (exact) mass is 231 g/mol. The van der Waals surface area contributed by atoms with E-state index in [1.54, 1.807) is 13.8 Å². The summed E-state index contributed by atoms with van der Waals surface area (Å²) in [6, 6.07) is 0. The van der Waals surface area contributed by atoms with Gasteiger partial charge in [-0.15, -0.1) is 0 Å². The van der Waals surface area contributed by atoms with Crippen molar-refractivity contribution in [1.82, 2.24) is 10.2 Å². The summed E-state index contributed by atoms with van der Waals surface area (Å²) < 4.78 is 0. The van der Waals surface area contributed by atoms with E-state index in [1.165, 1.54) is 4.90 Å². The van der Waals surface area contributed by atoms with Crippen LogP contribution in [0.15, 0.2) is 0 Å². The molecular weight excluding hydrogens is 210 g/mol. The molecule has 6 nitrogen and oxygen atoms in total. The van der Waals surface area contributed by atoms with Gasteiger partial charge >= 0.3 is 0 Å². The van der Waals surface area contributed by atoms with E-state index >= 15 is 0 Å². The molecule has 0 saturated carbocycles. The Morgan fingerprint density at radius 1 is 1.44 bits per heavy atom. The Morgan fingerprint density at radius 2 is 2.00 bits per heavy atom. The maximum absolute atomic E-state index is 11.6. The van der Waals surface area contributed by atoms with E-state index in [2.05, 4.69) is 5.32 Å². The molecule has 0 atom stereocenters. The third-order valence-electron chi connectivity index (χ3n) is 1.93. The predicted molar refractivity (Wildman–Crippen MR) is 60.6 cm³/mol. The van der Waals surface area contributed by atoms with Crippen LogP contribution in [0.3, 0.4) is 0 Å². The predicted octanol–water partition coefficient (Wildman–Crippen LogP) is -1.32. The van der Waals surface area contributed by atoms with Crippen LogP contribution in [0.2, 0.25) is 0 Å². The van der Waals surface area contributed by atoms with Crippen molar-refractivity contribution in [3.05, 3.63) is 0 Å². The van der Waals surface area contributed by atoms with Gasteiger partial charge in [-0.1, -0.05) is 0 Å². The topological polar surface area (TPSA) is 95.7 Å². The van der Waals surface area contributed by atoms with Crippen LogP contribution >= 0.6 is 0 Å². The smallest absolute Gasteiger partial charge is 0.242 e. The lowest BCUT2D eigenvalue weighted by atomic mass is 10.1. The third-order valence-corrected chi connectivity index (χ3v) is 1.93. The Balaban J connectivity index is 4.16. The SMILES string of the molecule is CCN(CC(C)(C)O)C(=O)CNC(=O)CN. The average Bonchev–Trinajstić information content (AvgIpc) is 2.20. The Hall–Kier alpha value is -1.14. The molecule has 94 valence electrons. The lowest BCUT2D eigenvalue weighted by Gasteiger charge is -2.28. The summed E-state index contributed by atoms with van der Waals surface area (Å²) in [6.45, 7) is 5.57. The molecule has 6 heteroatoms. The van der Waals surface area contributed by atoms with E-state index in [0.717, 1.165) is 0 Å². The number of nitrogens with two attached hydrogens (primary N) is 1. The van der Waals surface area contributed by atoms with E-state index in [1.807, 2.05) is 6.92 Å². The van der Waals surface area contributed by atoms with Crippen molar-refractivity contribution >= 4 is 11.8 Å². The Kier molecular flexibility index (Phi) is 5.98. The minimum atomic E-state index is -0.941. The van der Waals surface area contributed by atoms with Crippen LogP contribution < -0.4 is 11.1 Å². The average molecular weight is 231 g/mol. The van der Waals surface area contributed by atoms with Crippen LogP contribution in [0.5, 0.6) is 0 Å². The number of hydrogen-bond acceptors (Lipinski definition) is 4. The highest BCUT2D eigenvalue weighted by molar-refractivity contribution is 5.85. The van der Waals surface area contributed by atoms with E-state index in [-0.39, 0.29) is 31.4 Å². The first-order valence-corrected chi connectivity index (χ1v) is 5.27. The molecule has 0 rings (SSSR count). The summed E-state index contributed by atoms with van der Waals surface area (Å²) in [5.74, 6) is -0.598. The highest BCUT2D eigenvalue weighted by Gasteiger charge is 2.21. The molecule has 0 aliphatic rings. The first kappa shape index (κ1) is 14.9. The van der Waals surface area contributed by atoms with E-state index in [0.29, 0.717) is 6.54 Å². The number of rotatable bonds is 6. The van der Waals surface area contributed by atoms with Crippen LogP contribution in [-0.2, 0) is 9.59 Å². The van der Waals surface area contributed by atoms with E-state index in [4.69, 9.17) is 5.73 Å². The first-order valence-electron chi connectivity index (χ1n) is 5.27. The number of nitrogens with zero attached hydrogens (tertiary/aromatic N) is 1. The van der Waals surface area contributed by atoms with Gasteiger partial charge in [0.2, 0.25) is 11.8 Å². The van der Waals surface area contributed by atoms with Gasteiger partial charge in [0.1, 0.15) is 0 Å². The van der Waals surface area contributed by atoms with Gasteiger partial charge in [0, 0.05) is 13.1 Å². The molecule has 0 aliphatic heterocycles. The second kappa shape index (κ2) is 6.44. The summed E-state index contributed by atoms with van der Waals surface area (Å²) in [4.78, 5) is 24.0. The Morgan fingerprint density at radius 3 is 2.38 bits per heavy atom. The van der Waals surface area contributed by atoms with Gasteiger partial charge in [0.05, 0.1) is 18.7 Å². The molecule has 0 unspecified atom stereocenters. The molecule has 0 radical (unpaired) electrons. The van der Waals surface area contributed by atoms with E-state index in [9.17, 15) is 14.7 Å². The largest absolute Gasteiger partial charge is 0.389 e. The van der Waals surface area contributed by atoms with Crippen LogP contribution in [0.25, 0.3) is 0 Å². The molecule has 0 fully saturated rings. The van der Waals surface area contributed by atoms with Gasteiger partial charge in [0.25, 0.3) is 0 Å². The van der Waals surface area contributed by atoms with Crippen LogP contribution in [0.4, 0.5) is 0 Å². The molecule has 16 heavy (non-hydrogen) atoms. The molecule has 0 aromatic carbocycles. The lowest BCUT2D eigenvalue weighted by molar-refractivity contribution is -0.134. The van der Waals surface area contributed by atoms with Crippen molar-refractivity contribution < 1.29 is 14.7 Å². The Labute approximate surface area is 95.8 Å². The number of carbonyl (C=O) groups is 2. The fraction of sp³-hybridized carbons (Fsp3) is 0.800. The zero-order valence-electron chi connectivity index (χ0n) is 10.1. The minimum Gasteiger partial charge on any atom is -0.389 e. The maximum atomic E-state index is 11.6. The summed E-state index contributed by atoms with van der Waals surface area (Å²) in [7, 11) is 0. The number of amides is 2. The minimum absolute atomic E-state index is 0.0834. The van der Waals surface area contributed by atoms with Gasteiger partial charge < -0.3 is 21.1 Å². The molecule has 0 aromatic rings. The summed E-state index contributed by atoms with van der Waals surface area (Å²) in [5.41, 5.74) is 4.15. The molecule has 0 aromatic heterocycles. The van der Waals surface area contributed by atoms with Gasteiger partial charge in [-0.3, -0.25) is 9.59 Å². The van der Waals surface area contributed by atoms with Gasteiger partial charge in [-0.05, 0) is 20.8 Å². The van der Waals surface area contributed by atoms with Crippen molar-refractivity contribution in [3.8, 4) is 0 Å². The highest BCUT2D eigenvalue weighted by atomic mass is 16.3. The van der Waals surface area contributed by atoms with Crippen molar-refractivity contribution in [3.63, 3.8) is 0 Å². The van der Waals surface area contributed by atoms with E-state index < -0.39 is 5.60 Å². The molecule has 0 aliphatic carbocycles. The van der Waals surface area contributed by atoms with Crippen molar-refractivity contribution in [2.45, 2.75) is 26.4 Å². The zero-order valence-corrected chi connectivity index (χ0v) is 10.1. The maximum Gasteiger partial charge on any atom is 0.242 e. The first-order chi connectivity index (χ1) is 7.30. The summed E-state index contributed by atoms with van der Waals surface area (Å²) >= 11 is 0. The molecule has 0 heterocycles. The van der Waals surface area contributed by atoms with Crippen LogP contribution in [0.1, 0.15) is 20.8 Å². The second-order valence-corrected chi connectivity index (χ2v) is 4.20. The fourth-order valence-electron chi connectivity index (χ4n) is 1.20.